The molecule has 19 heavy (non-hydrogen) atoms. The minimum absolute atomic E-state index is 0.686. The predicted molar refractivity (Wildman–Crippen MR) is 78.7 cm³/mol. The van der Waals surface area contributed by atoms with Crippen LogP contribution in [0.25, 0.3) is 5.65 Å². The molecule has 0 amide bonds. The first-order valence-electron chi connectivity index (χ1n) is 6.15. The summed E-state index contributed by atoms with van der Waals surface area (Å²) in [6.07, 6.45) is 4.01. The van der Waals surface area contributed by atoms with Gasteiger partial charge in [-0.3, -0.25) is 0 Å². The Labute approximate surface area is 116 Å². The molecular formula is C15H14ClN3. The highest BCUT2D eigenvalue weighted by atomic mass is 35.5. The first-order chi connectivity index (χ1) is 9.24. The zero-order valence-electron chi connectivity index (χ0n) is 10.6. The zero-order valence-corrected chi connectivity index (χ0v) is 11.4. The lowest BCUT2D eigenvalue weighted by molar-refractivity contribution is 1.12. The molecule has 3 rings (SSSR count). The second kappa shape index (κ2) is 4.94. The number of imidazole rings is 1. The second-order valence-electron chi connectivity index (χ2n) is 4.48. The van der Waals surface area contributed by atoms with Gasteiger partial charge in [-0.25, -0.2) is 4.98 Å². The minimum Gasteiger partial charge on any atom is -0.378 e. The Bertz CT molecular complexity index is 718. The van der Waals surface area contributed by atoms with Crippen LogP contribution in [0, 0.1) is 6.92 Å². The van der Waals surface area contributed by atoms with Gasteiger partial charge in [-0.2, -0.15) is 0 Å². The van der Waals surface area contributed by atoms with Crippen LogP contribution < -0.4 is 5.32 Å². The first kappa shape index (κ1) is 12.1. The summed E-state index contributed by atoms with van der Waals surface area (Å²) in [6, 6.07) is 11.9. The van der Waals surface area contributed by atoms with E-state index in [1.54, 1.807) is 0 Å². The number of aromatic nitrogens is 2. The van der Waals surface area contributed by atoms with Gasteiger partial charge in [-0.05, 0) is 30.7 Å². The molecule has 1 N–H and O–H groups in total. The number of halogens is 1. The van der Waals surface area contributed by atoms with Crippen molar-refractivity contribution in [1.82, 2.24) is 9.38 Å². The van der Waals surface area contributed by atoms with Crippen LogP contribution in [0.4, 0.5) is 5.69 Å². The van der Waals surface area contributed by atoms with E-state index in [1.807, 2.05) is 60.1 Å². The van der Waals surface area contributed by atoms with Crippen molar-refractivity contribution in [2.75, 3.05) is 5.32 Å². The number of anilines is 1. The van der Waals surface area contributed by atoms with E-state index < -0.39 is 0 Å². The molecule has 0 aliphatic heterocycles. The van der Waals surface area contributed by atoms with Crippen LogP contribution in [-0.2, 0) is 6.54 Å². The van der Waals surface area contributed by atoms with Crippen molar-refractivity contribution in [1.29, 1.82) is 0 Å². The minimum atomic E-state index is 0.686. The average molecular weight is 272 g/mol. The molecule has 0 saturated carbocycles. The molecule has 96 valence electrons. The van der Waals surface area contributed by atoms with Gasteiger partial charge in [0.2, 0.25) is 0 Å². The normalized spacial score (nSPS) is 10.8. The van der Waals surface area contributed by atoms with Gasteiger partial charge < -0.3 is 9.72 Å². The summed E-state index contributed by atoms with van der Waals surface area (Å²) < 4.78 is 2.02. The maximum absolute atomic E-state index is 6.15. The van der Waals surface area contributed by atoms with E-state index in [4.69, 9.17) is 11.6 Å². The number of benzene rings is 1. The van der Waals surface area contributed by atoms with Crippen molar-refractivity contribution in [3.63, 3.8) is 0 Å². The third-order valence-electron chi connectivity index (χ3n) is 3.03. The standard InChI is InChI=1S/C15H14ClN3/c1-11-10-19-8-4-7-14(15(19)18-11)17-9-12-5-2-3-6-13(12)16/h2-8,10,17H,9H2,1H3. The van der Waals surface area contributed by atoms with Crippen LogP contribution in [0.5, 0.6) is 0 Å². The molecule has 3 aromatic rings. The lowest BCUT2D eigenvalue weighted by atomic mass is 10.2. The van der Waals surface area contributed by atoms with E-state index in [0.717, 1.165) is 27.6 Å². The fourth-order valence-electron chi connectivity index (χ4n) is 2.11. The molecule has 0 unspecified atom stereocenters. The Morgan fingerprint density at radius 2 is 2.05 bits per heavy atom. The average Bonchev–Trinajstić information content (AvgIpc) is 2.78. The molecule has 0 aliphatic carbocycles. The van der Waals surface area contributed by atoms with E-state index in [0.29, 0.717) is 6.54 Å². The summed E-state index contributed by atoms with van der Waals surface area (Å²) >= 11 is 6.15. The summed E-state index contributed by atoms with van der Waals surface area (Å²) in [5, 5.41) is 4.17. The molecule has 4 heteroatoms. The van der Waals surface area contributed by atoms with Crippen LogP contribution in [-0.4, -0.2) is 9.38 Å². The molecule has 2 heterocycles. The molecule has 3 nitrogen and oxygen atoms in total. The Balaban J connectivity index is 1.88. The molecule has 0 saturated heterocycles. The van der Waals surface area contributed by atoms with Crippen molar-refractivity contribution < 1.29 is 0 Å². The molecular weight excluding hydrogens is 258 g/mol. The maximum Gasteiger partial charge on any atom is 0.160 e. The molecule has 0 aliphatic rings. The number of hydrogen-bond acceptors (Lipinski definition) is 2. The summed E-state index contributed by atoms with van der Waals surface area (Å²) in [4.78, 5) is 4.52. The number of hydrogen-bond donors (Lipinski definition) is 1. The Hall–Kier alpha value is -2.00. The van der Waals surface area contributed by atoms with E-state index in [-0.39, 0.29) is 0 Å². The quantitative estimate of drug-likeness (QED) is 0.783. The highest BCUT2D eigenvalue weighted by Crippen LogP contribution is 2.20. The molecule has 0 spiro atoms. The van der Waals surface area contributed by atoms with Crippen LogP contribution >= 0.6 is 11.6 Å². The van der Waals surface area contributed by atoms with Gasteiger partial charge in [0, 0.05) is 24.0 Å². The van der Waals surface area contributed by atoms with Gasteiger partial charge in [-0.1, -0.05) is 29.8 Å². The van der Waals surface area contributed by atoms with E-state index in [1.165, 1.54) is 0 Å². The van der Waals surface area contributed by atoms with Crippen LogP contribution in [0.1, 0.15) is 11.3 Å². The van der Waals surface area contributed by atoms with Crippen molar-refractivity contribution in [2.45, 2.75) is 13.5 Å². The topological polar surface area (TPSA) is 29.3 Å². The van der Waals surface area contributed by atoms with Gasteiger partial charge in [0.15, 0.2) is 5.65 Å². The Morgan fingerprint density at radius 1 is 1.21 bits per heavy atom. The molecule has 1 aromatic carbocycles. The number of rotatable bonds is 3. The van der Waals surface area contributed by atoms with Gasteiger partial charge >= 0.3 is 0 Å². The summed E-state index contributed by atoms with van der Waals surface area (Å²) in [7, 11) is 0. The molecule has 0 fully saturated rings. The van der Waals surface area contributed by atoms with E-state index in [9.17, 15) is 0 Å². The maximum atomic E-state index is 6.15. The highest BCUT2D eigenvalue weighted by molar-refractivity contribution is 6.31. The van der Waals surface area contributed by atoms with E-state index >= 15 is 0 Å². The molecule has 0 bridgehead atoms. The summed E-state index contributed by atoms with van der Waals surface area (Å²) in [5.74, 6) is 0. The van der Waals surface area contributed by atoms with Crippen LogP contribution in [0.2, 0.25) is 5.02 Å². The van der Waals surface area contributed by atoms with Gasteiger partial charge in [-0.15, -0.1) is 0 Å². The molecule has 0 radical (unpaired) electrons. The number of nitrogens with one attached hydrogen (secondary N) is 1. The third-order valence-corrected chi connectivity index (χ3v) is 3.40. The number of pyridine rings is 1. The lowest BCUT2D eigenvalue weighted by Gasteiger charge is -2.08. The van der Waals surface area contributed by atoms with Gasteiger partial charge in [0.1, 0.15) is 0 Å². The monoisotopic (exact) mass is 271 g/mol. The number of fused-ring (bicyclic) bond motifs is 1. The first-order valence-corrected chi connectivity index (χ1v) is 6.53. The van der Waals surface area contributed by atoms with Crippen molar-refractivity contribution in [3.05, 3.63) is 65.1 Å². The largest absolute Gasteiger partial charge is 0.378 e. The SMILES string of the molecule is Cc1cn2cccc(NCc3ccccc3Cl)c2n1. The van der Waals surface area contributed by atoms with Gasteiger partial charge in [0.05, 0.1) is 11.4 Å². The van der Waals surface area contributed by atoms with Gasteiger partial charge in [0.25, 0.3) is 0 Å². The molecule has 0 atom stereocenters. The fourth-order valence-corrected chi connectivity index (χ4v) is 2.31. The summed E-state index contributed by atoms with van der Waals surface area (Å²) in [5.41, 5.74) is 4.03. The predicted octanol–water partition coefficient (Wildman–Crippen LogP) is 3.91. The second-order valence-corrected chi connectivity index (χ2v) is 4.89. The summed E-state index contributed by atoms with van der Waals surface area (Å²) in [6.45, 7) is 2.68. The molecule has 2 aromatic heterocycles. The lowest BCUT2D eigenvalue weighted by Crippen LogP contribution is -2.01. The number of nitrogens with zero attached hydrogens (tertiary/aromatic N) is 2. The fraction of sp³-hybridized carbons (Fsp3) is 0.133. The smallest absolute Gasteiger partial charge is 0.160 e. The number of aryl methyl sites for hydroxylation is 1. The Kier molecular flexibility index (Phi) is 3.13. The van der Waals surface area contributed by atoms with Crippen molar-refractivity contribution in [2.24, 2.45) is 0 Å². The van der Waals surface area contributed by atoms with Crippen LogP contribution in [0.3, 0.4) is 0 Å². The van der Waals surface area contributed by atoms with Crippen LogP contribution in [0.15, 0.2) is 48.8 Å². The third kappa shape index (κ3) is 2.42. The van der Waals surface area contributed by atoms with Crippen molar-refractivity contribution >= 4 is 22.9 Å². The highest BCUT2D eigenvalue weighted by Gasteiger charge is 2.04. The van der Waals surface area contributed by atoms with E-state index in [2.05, 4.69) is 10.3 Å². The zero-order chi connectivity index (χ0) is 13.2. The van der Waals surface area contributed by atoms with Crippen molar-refractivity contribution in [3.8, 4) is 0 Å². The Morgan fingerprint density at radius 3 is 2.89 bits per heavy atom.